The molecule has 3 heteroatoms. The number of rotatable bonds is 0. The SMILES string of the molecule is COC(=O)N1c2ccccc2C=CC1C#Cc1ccccc1. The molecular formula is C19H15NO2. The van der Waals surface area contributed by atoms with Crippen molar-refractivity contribution in [2.75, 3.05) is 12.0 Å². The highest BCUT2D eigenvalue weighted by molar-refractivity contribution is 5.94. The molecule has 0 N–H and O–H groups in total. The average Bonchev–Trinajstić information content (AvgIpc) is 2.59. The maximum absolute atomic E-state index is 12.2. The summed E-state index contributed by atoms with van der Waals surface area (Å²) in [6.45, 7) is 0. The summed E-state index contributed by atoms with van der Waals surface area (Å²) in [5, 5.41) is 0. The normalized spacial score (nSPS) is 15.5. The summed E-state index contributed by atoms with van der Waals surface area (Å²) in [7, 11) is 1.38. The number of ether oxygens (including phenoxy) is 1. The highest BCUT2D eigenvalue weighted by Crippen LogP contribution is 2.29. The zero-order valence-electron chi connectivity index (χ0n) is 12.2. The highest BCUT2D eigenvalue weighted by Gasteiger charge is 2.27. The first-order valence-corrected chi connectivity index (χ1v) is 7.00. The third kappa shape index (κ3) is 2.72. The predicted octanol–water partition coefficient (Wildman–Crippen LogP) is 3.71. The van der Waals surface area contributed by atoms with Gasteiger partial charge in [0, 0.05) is 5.56 Å². The van der Waals surface area contributed by atoms with Crippen molar-refractivity contribution in [2.45, 2.75) is 6.04 Å². The van der Waals surface area contributed by atoms with Crippen molar-refractivity contribution in [2.24, 2.45) is 0 Å². The van der Waals surface area contributed by atoms with Gasteiger partial charge in [-0.15, -0.1) is 0 Å². The molecule has 108 valence electrons. The third-order valence-electron chi connectivity index (χ3n) is 3.44. The van der Waals surface area contributed by atoms with Crippen LogP contribution in [0.15, 0.2) is 60.7 Å². The lowest BCUT2D eigenvalue weighted by Gasteiger charge is -2.29. The van der Waals surface area contributed by atoms with E-state index in [1.165, 1.54) is 7.11 Å². The molecule has 0 spiro atoms. The Kier molecular flexibility index (Phi) is 3.93. The highest BCUT2D eigenvalue weighted by atomic mass is 16.5. The fraction of sp³-hybridized carbons (Fsp3) is 0.105. The first-order valence-electron chi connectivity index (χ1n) is 7.00. The van der Waals surface area contributed by atoms with Crippen LogP contribution in [0.1, 0.15) is 11.1 Å². The number of para-hydroxylation sites is 1. The summed E-state index contributed by atoms with van der Waals surface area (Å²) in [6, 6.07) is 17.1. The van der Waals surface area contributed by atoms with Gasteiger partial charge < -0.3 is 4.74 Å². The lowest BCUT2D eigenvalue weighted by atomic mass is 10.0. The number of anilines is 1. The van der Waals surface area contributed by atoms with E-state index < -0.39 is 6.09 Å². The molecule has 3 rings (SSSR count). The number of fused-ring (bicyclic) bond motifs is 1. The van der Waals surface area contributed by atoms with E-state index in [-0.39, 0.29) is 6.04 Å². The van der Waals surface area contributed by atoms with Crippen molar-refractivity contribution in [3.8, 4) is 11.8 Å². The number of amides is 1. The summed E-state index contributed by atoms with van der Waals surface area (Å²) in [4.78, 5) is 13.7. The van der Waals surface area contributed by atoms with Gasteiger partial charge in [-0.3, -0.25) is 4.90 Å². The van der Waals surface area contributed by atoms with Crippen LogP contribution in [0.4, 0.5) is 10.5 Å². The van der Waals surface area contributed by atoms with E-state index in [2.05, 4.69) is 11.8 Å². The van der Waals surface area contributed by atoms with Gasteiger partial charge in [-0.05, 0) is 29.8 Å². The second kappa shape index (κ2) is 6.19. The number of hydrogen-bond acceptors (Lipinski definition) is 2. The molecule has 0 radical (unpaired) electrons. The van der Waals surface area contributed by atoms with Crippen LogP contribution in [0.3, 0.4) is 0 Å². The Labute approximate surface area is 129 Å². The standard InChI is InChI=1S/C19H15NO2/c1-22-19(21)20-17(13-11-15-7-3-2-4-8-15)14-12-16-9-5-6-10-18(16)20/h2-10,12,14,17H,1H3. The van der Waals surface area contributed by atoms with Crippen LogP contribution in [-0.2, 0) is 4.74 Å². The van der Waals surface area contributed by atoms with E-state index in [0.29, 0.717) is 0 Å². The van der Waals surface area contributed by atoms with Crippen molar-refractivity contribution in [3.05, 3.63) is 71.8 Å². The first kappa shape index (κ1) is 14.0. The number of carbonyl (C=O) groups is 1. The van der Waals surface area contributed by atoms with Crippen LogP contribution in [0.5, 0.6) is 0 Å². The Bertz CT molecular complexity index is 769. The molecule has 1 aliphatic heterocycles. The van der Waals surface area contributed by atoms with E-state index in [1.54, 1.807) is 4.90 Å². The van der Waals surface area contributed by atoms with Gasteiger partial charge in [0.25, 0.3) is 0 Å². The average molecular weight is 289 g/mol. The minimum atomic E-state index is -0.413. The Balaban J connectivity index is 1.98. The number of hydrogen-bond donors (Lipinski definition) is 0. The Morgan fingerprint density at radius 2 is 1.82 bits per heavy atom. The predicted molar refractivity (Wildman–Crippen MR) is 87.5 cm³/mol. The molecule has 0 bridgehead atoms. The maximum atomic E-state index is 12.2. The van der Waals surface area contributed by atoms with E-state index in [1.807, 2.05) is 66.7 Å². The van der Waals surface area contributed by atoms with Crippen molar-refractivity contribution in [1.82, 2.24) is 0 Å². The van der Waals surface area contributed by atoms with Crippen LogP contribution in [0.2, 0.25) is 0 Å². The molecule has 3 nitrogen and oxygen atoms in total. The minimum Gasteiger partial charge on any atom is -0.452 e. The number of carbonyl (C=O) groups excluding carboxylic acids is 1. The molecule has 22 heavy (non-hydrogen) atoms. The number of methoxy groups -OCH3 is 1. The maximum Gasteiger partial charge on any atom is 0.415 e. The van der Waals surface area contributed by atoms with Gasteiger partial charge in [0.15, 0.2) is 0 Å². The summed E-state index contributed by atoms with van der Waals surface area (Å²) < 4.78 is 4.91. The van der Waals surface area contributed by atoms with Crippen LogP contribution < -0.4 is 4.90 Å². The van der Waals surface area contributed by atoms with Crippen molar-refractivity contribution < 1.29 is 9.53 Å². The van der Waals surface area contributed by atoms with Crippen LogP contribution >= 0.6 is 0 Å². The van der Waals surface area contributed by atoms with Crippen LogP contribution in [0.25, 0.3) is 6.08 Å². The molecule has 1 unspecified atom stereocenters. The van der Waals surface area contributed by atoms with Gasteiger partial charge in [-0.25, -0.2) is 4.79 Å². The molecule has 2 aromatic rings. The van der Waals surface area contributed by atoms with Crippen molar-refractivity contribution in [3.63, 3.8) is 0 Å². The van der Waals surface area contributed by atoms with Crippen LogP contribution in [-0.4, -0.2) is 19.2 Å². The minimum absolute atomic E-state index is 0.345. The molecule has 0 fully saturated rings. The lowest BCUT2D eigenvalue weighted by molar-refractivity contribution is 0.178. The monoisotopic (exact) mass is 289 g/mol. The summed E-state index contributed by atoms with van der Waals surface area (Å²) in [5.74, 6) is 6.24. The molecule has 1 atom stereocenters. The van der Waals surface area contributed by atoms with E-state index in [4.69, 9.17) is 4.74 Å². The van der Waals surface area contributed by atoms with Gasteiger partial charge in [-0.1, -0.05) is 54.3 Å². The van der Waals surface area contributed by atoms with Crippen molar-refractivity contribution >= 4 is 17.9 Å². The summed E-state index contributed by atoms with van der Waals surface area (Å²) >= 11 is 0. The van der Waals surface area contributed by atoms with E-state index in [0.717, 1.165) is 16.8 Å². The zero-order chi connectivity index (χ0) is 15.4. The molecular weight excluding hydrogens is 274 g/mol. The zero-order valence-corrected chi connectivity index (χ0v) is 12.2. The third-order valence-corrected chi connectivity index (χ3v) is 3.44. The smallest absolute Gasteiger partial charge is 0.415 e. The molecule has 0 aromatic heterocycles. The Hall–Kier alpha value is -2.99. The Morgan fingerprint density at radius 1 is 1.09 bits per heavy atom. The fourth-order valence-corrected chi connectivity index (χ4v) is 2.38. The lowest BCUT2D eigenvalue weighted by Crippen LogP contribution is -2.40. The molecule has 2 aromatic carbocycles. The van der Waals surface area contributed by atoms with Gasteiger partial charge in [0.2, 0.25) is 0 Å². The van der Waals surface area contributed by atoms with E-state index in [9.17, 15) is 4.79 Å². The summed E-state index contributed by atoms with van der Waals surface area (Å²) in [5.41, 5.74) is 2.70. The van der Waals surface area contributed by atoms with E-state index >= 15 is 0 Å². The van der Waals surface area contributed by atoms with Gasteiger partial charge in [-0.2, -0.15) is 0 Å². The molecule has 0 aliphatic carbocycles. The van der Waals surface area contributed by atoms with Gasteiger partial charge in [0.05, 0.1) is 12.8 Å². The first-order chi connectivity index (χ1) is 10.8. The molecule has 0 saturated heterocycles. The molecule has 1 aliphatic rings. The van der Waals surface area contributed by atoms with Gasteiger partial charge >= 0.3 is 6.09 Å². The topological polar surface area (TPSA) is 29.5 Å². The number of nitrogens with zero attached hydrogens (tertiary/aromatic N) is 1. The molecule has 1 heterocycles. The van der Waals surface area contributed by atoms with Crippen LogP contribution in [0, 0.1) is 11.8 Å². The molecule has 1 amide bonds. The summed E-state index contributed by atoms with van der Waals surface area (Å²) in [6.07, 6.45) is 3.48. The second-order valence-corrected chi connectivity index (χ2v) is 4.84. The fourth-order valence-electron chi connectivity index (χ4n) is 2.38. The number of benzene rings is 2. The largest absolute Gasteiger partial charge is 0.452 e. The molecule has 0 saturated carbocycles. The second-order valence-electron chi connectivity index (χ2n) is 4.84. The Morgan fingerprint density at radius 3 is 2.59 bits per heavy atom. The van der Waals surface area contributed by atoms with Crippen molar-refractivity contribution in [1.29, 1.82) is 0 Å². The quantitative estimate of drug-likeness (QED) is 0.692. The van der Waals surface area contributed by atoms with Gasteiger partial charge in [0.1, 0.15) is 6.04 Å².